The maximum absolute atomic E-state index is 14.0. The molecule has 20 heavy (non-hydrogen) atoms. The van der Waals surface area contributed by atoms with Gasteiger partial charge in [0.25, 0.3) is 0 Å². The molecule has 1 saturated heterocycles. The normalized spacial score (nSPS) is 19.8. The molecule has 0 spiro atoms. The molecule has 106 valence electrons. The van der Waals surface area contributed by atoms with Gasteiger partial charge in [-0.1, -0.05) is 6.07 Å². The van der Waals surface area contributed by atoms with Crippen molar-refractivity contribution in [1.29, 1.82) is 0 Å². The van der Waals surface area contributed by atoms with Crippen molar-refractivity contribution in [2.75, 3.05) is 26.8 Å². The average Bonchev–Trinajstić information content (AvgIpc) is 2.87. The van der Waals surface area contributed by atoms with Gasteiger partial charge in [-0.3, -0.25) is 9.88 Å². The zero-order valence-corrected chi connectivity index (χ0v) is 11.7. The number of benzene rings is 1. The number of rotatable bonds is 4. The highest BCUT2D eigenvalue weighted by Crippen LogP contribution is 2.22. The zero-order chi connectivity index (χ0) is 13.9. The molecule has 3 rings (SSSR count). The summed E-state index contributed by atoms with van der Waals surface area (Å²) >= 11 is 0. The lowest BCUT2D eigenvalue weighted by Crippen LogP contribution is -2.21. The van der Waals surface area contributed by atoms with E-state index < -0.39 is 0 Å². The van der Waals surface area contributed by atoms with Crippen molar-refractivity contribution < 1.29 is 9.13 Å². The highest BCUT2D eigenvalue weighted by molar-refractivity contribution is 5.79. The third-order valence-corrected chi connectivity index (χ3v) is 3.90. The van der Waals surface area contributed by atoms with Gasteiger partial charge in [0.05, 0.1) is 6.61 Å². The summed E-state index contributed by atoms with van der Waals surface area (Å²) < 4.78 is 19.2. The minimum absolute atomic E-state index is 0.231. The molecule has 4 heteroatoms. The van der Waals surface area contributed by atoms with Gasteiger partial charge in [-0.15, -0.1) is 0 Å². The third-order valence-electron chi connectivity index (χ3n) is 3.90. The molecule has 3 nitrogen and oxygen atoms in total. The Morgan fingerprint density at radius 1 is 1.45 bits per heavy atom. The van der Waals surface area contributed by atoms with E-state index in [1.54, 1.807) is 19.4 Å². The van der Waals surface area contributed by atoms with Crippen LogP contribution in [0.25, 0.3) is 10.9 Å². The van der Waals surface area contributed by atoms with Crippen LogP contribution in [-0.2, 0) is 11.3 Å². The lowest BCUT2D eigenvalue weighted by molar-refractivity contribution is 0.152. The number of halogens is 1. The topological polar surface area (TPSA) is 25.4 Å². The summed E-state index contributed by atoms with van der Waals surface area (Å²) in [7, 11) is 1.74. The fourth-order valence-electron chi connectivity index (χ4n) is 2.98. The molecule has 1 aliphatic rings. The summed E-state index contributed by atoms with van der Waals surface area (Å²) in [6.07, 6.45) is 2.78. The number of hydrogen-bond acceptors (Lipinski definition) is 3. The maximum atomic E-state index is 14.0. The molecule has 1 unspecified atom stereocenters. The second-order valence-electron chi connectivity index (χ2n) is 5.50. The van der Waals surface area contributed by atoms with Gasteiger partial charge in [-0.25, -0.2) is 4.39 Å². The first-order valence-corrected chi connectivity index (χ1v) is 7.00. The van der Waals surface area contributed by atoms with Crippen LogP contribution in [-0.4, -0.2) is 36.7 Å². The highest BCUT2D eigenvalue weighted by Gasteiger charge is 2.22. The van der Waals surface area contributed by atoms with Crippen molar-refractivity contribution in [2.24, 2.45) is 5.92 Å². The molecular formula is C16H19FN2O. The molecule has 2 heterocycles. The summed E-state index contributed by atoms with van der Waals surface area (Å²) in [5.74, 6) is 0.373. The van der Waals surface area contributed by atoms with Gasteiger partial charge in [0.2, 0.25) is 0 Å². The van der Waals surface area contributed by atoms with Crippen LogP contribution in [0.3, 0.4) is 0 Å². The van der Waals surface area contributed by atoms with Crippen LogP contribution in [0.1, 0.15) is 12.0 Å². The molecule has 1 fully saturated rings. The number of nitrogens with zero attached hydrogens (tertiary/aromatic N) is 2. The molecule has 0 radical (unpaired) electrons. The molecule has 0 bridgehead atoms. The van der Waals surface area contributed by atoms with Gasteiger partial charge in [0.15, 0.2) is 0 Å². The minimum Gasteiger partial charge on any atom is -0.384 e. The third kappa shape index (κ3) is 2.81. The first kappa shape index (κ1) is 13.5. The quantitative estimate of drug-likeness (QED) is 0.857. The monoisotopic (exact) mass is 274 g/mol. The van der Waals surface area contributed by atoms with Gasteiger partial charge < -0.3 is 4.74 Å². The molecule has 0 saturated carbocycles. The molecule has 1 atom stereocenters. The number of pyridine rings is 1. The fourth-order valence-corrected chi connectivity index (χ4v) is 2.98. The first-order valence-electron chi connectivity index (χ1n) is 7.00. The number of hydrogen-bond donors (Lipinski definition) is 0. The number of aromatic nitrogens is 1. The Bertz CT molecular complexity index is 602. The summed E-state index contributed by atoms with van der Waals surface area (Å²) in [6, 6.07) is 7.40. The van der Waals surface area contributed by atoms with E-state index in [1.807, 2.05) is 18.2 Å². The Labute approximate surface area is 118 Å². The van der Waals surface area contributed by atoms with E-state index in [9.17, 15) is 4.39 Å². The predicted octanol–water partition coefficient (Wildman–Crippen LogP) is 2.84. The first-order chi connectivity index (χ1) is 9.76. The van der Waals surface area contributed by atoms with Crippen molar-refractivity contribution in [3.05, 3.63) is 41.8 Å². The van der Waals surface area contributed by atoms with Crippen LogP contribution in [0, 0.1) is 11.7 Å². The van der Waals surface area contributed by atoms with E-state index in [1.165, 1.54) is 0 Å². The van der Waals surface area contributed by atoms with Crippen LogP contribution in [0.4, 0.5) is 4.39 Å². The van der Waals surface area contributed by atoms with Crippen molar-refractivity contribution in [1.82, 2.24) is 9.88 Å². The SMILES string of the molecule is COCC1CCN(Cc2cc(F)c3ncccc3c2)C1. The molecule has 0 aliphatic carbocycles. The lowest BCUT2D eigenvalue weighted by Gasteiger charge is -2.16. The van der Waals surface area contributed by atoms with Crippen LogP contribution in [0.5, 0.6) is 0 Å². The van der Waals surface area contributed by atoms with E-state index in [0.717, 1.165) is 43.6 Å². The smallest absolute Gasteiger partial charge is 0.149 e. The maximum Gasteiger partial charge on any atom is 0.149 e. The van der Waals surface area contributed by atoms with E-state index in [0.29, 0.717) is 11.4 Å². The molecular weight excluding hydrogens is 255 g/mol. The summed E-state index contributed by atoms with van der Waals surface area (Å²) in [5.41, 5.74) is 1.47. The Hall–Kier alpha value is -1.52. The van der Waals surface area contributed by atoms with Crippen LogP contribution in [0.15, 0.2) is 30.5 Å². The molecule has 0 amide bonds. The Morgan fingerprint density at radius 3 is 3.20 bits per heavy atom. The number of fused-ring (bicyclic) bond motifs is 1. The molecule has 1 aromatic heterocycles. The largest absolute Gasteiger partial charge is 0.384 e. The van der Waals surface area contributed by atoms with Crippen molar-refractivity contribution in [2.45, 2.75) is 13.0 Å². The number of likely N-dealkylation sites (tertiary alicyclic amines) is 1. The second kappa shape index (κ2) is 5.85. The highest BCUT2D eigenvalue weighted by atomic mass is 19.1. The zero-order valence-electron chi connectivity index (χ0n) is 11.7. The van der Waals surface area contributed by atoms with Crippen molar-refractivity contribution >= 4 is 10.9 Å². The van der Waals surface area contributed by atoms with Gasteiger partial charge in [0.1, 0.15) is 11.3 Å². The summed E-state index contributed by atoms with van der Waals surface area (Å²) in [6.45, 7) is 3.69. The summed E-state index contributed by atoms with van der Waals surface area (Å²) in [5, 5.41) is 0.870. The van der Waals surface area contributed by atoms with E-state index >= 15 is 0 Å². The fraction of sp³-hybridized carbons (Fsp3) is 0.438. The van der Waals surface area contributed by atoms with Crippen LogP contribution in [0.2, 0.25) is 0 Å². The van der Waals surface area contributed by atoms with Gasteiger partial charge >= 0.3 is 0 Å². The minimum atomic E-state index is -0.231. The lowest BCUT2D eigenvalue weighted by atomic mass is 10.1. The van der Waals surface area contributed by atoms with Crippen molar-refractivity contribution in [3.63, 3.8) is 0 Å². The van der Waals surface area contributed by atoms with E-state index in [-0.39, 0.29) is 5.82 Å². The van der Waals surface area contributed by atoms with Crippen LogP contribution < -0.4 is 0 Å². The predicted molar refractivity (Wildman–Crippen MR) is 77.0 cm³/mol. The van der Waals surface area contributed by atoms with E-state index in [4.69, 9.17) is 4.74 Å². The molecule has 0 N–H and O–H groups in total. The summed E-state index contributed by atoms with van der Waals surface area (Å²) in [4.78, 5) is 6.45. The number of ether oxygens (including phenoxy) is 1. The molecule has 1 aliphatic heterocycles. The standard InChI is InChI=1S/C16H19FN2O/c1-20-11-12-4-6-19(9-12)10-13-7-14-3-2-5-18-16(14)15(17)8-13/h2-3,5,7-8,12H,4,6,9-11H2,1H3. The van der Waals surface area contributed by atoms with Crippen molar-refractivity contribution in [3.8, 4) is 0 Å². The van der Waals surface area contributed by atoms with Gasteiger partial charge in [-0.2, -0.15) is 0 Å². The van der Waals surface area contributed by atoms with Gasteiger partial charge in [0, 0.05) is 31.8 Å². The molecule has 1 aromatic carbocycles. The van der Waals surface area contributed by atoms with E-state index in [2.05, 4.69) is 9.88 Å². The van der Waals surface area contributed by atoms with Gasteiger partial charge in [-0.05, 0) is 42.6 Å². The Morgan fingerprint density at radius 2 is 2.35 bits per heavy atom. The average molecular weight is 274 g/mol. The molecule has 2 aromatic rings. The number of methoxy groups -OCH3 is 1. The second-order valence-corrected chi connectivity index (χ2v) is 5.50. The Kier molecular flexibility index (Phi) is 3.94. The Balaban J connectivity index is 1.75. The van der Waals surface area contributed by atoms with Crippen LogP contribution >= 0.6 is 0 Å².